The van der Waals surface area contributed by atoms with Crippen LogP contribution in [0.2, 0.25) is 0 Å². The van der Waals surface area contributed by atoms with Crippen molar-refractivity contribution < 1.29 is 14.3 Å². The molecule has 0 fully saturated rings. The molecule has 1 aromatic carbocycles. The summed E-state index contributed by atoms with van der Waals surface area (Å²) in [6.45, 7) is 0. The molecule has 0 aromatic heterocycles. The summed E-state index contributed by atoms with van der Waals surface area (Å²) in [6, 6.07) is 8.97. The molecule has 0 aliphatic heterocycles. The quantitative estimate of drug-likeness (QED) is 0.447. The molecule has 0 amide bonds. The van der Waals surface area contributed by atoms with Gasteiger partial charge in [0.05, 0.1) is 12.9 Å². The van der Waals surface area contributed by atoms with Crippen molar-refractivity contribution in [1.29, 1.82) is 0 Å². The molecule has 0 atom stereocenters. The van der Waals surface area contributed by atoms with Gasteiger partial charge in [0.25, 0.3) is 0 Å². The van der Waals surface area contributed by atoms with Crippen molar-refractivity contribution in [3.8, 4) is 0 Å². The molecule has 1 aromatic rings. The molecule has 0 saturated carbocycles. The molecule has 0 N–H and O–H groups in total. The van der Waals surface area contributed by atoms with Crippen LogP contribution >= 0.6 is 11.8 Å². The largest absolute Gasteiger partial charge is 0.468 e. The molecule has 0 heterocycles. The minimum absolute atomic E-state index is 0.0713. The third-order valence-electron chi connectivity index (χ3n) is 1.80. The number of methoxy groups -OCH3 is 1. The van der Waals surface area contributed by atoms with E-state index in [4.69, 9.17) is 0 Å². The van der Waals surface area contributed by atoms with Crippen molar-refractivity contribution in [1.82, 2.24) is 0 Å². The van der Waals surface area contributed by atoms with E-state index in [1.54, 1.807) is 17.5 Å². The highest BCUT2D eigenvalue weighted by Crippen LogP contribution is 2.06. The number of thioether (sulfide) groups is 1. The van der Waals surface area contributed by atoms with Crippen LogP contribution in [0, 0.1) is 0 Å². The van der Waals surface area contributed by atoms with E-state index in [-0.39, 0.29) is 17.5 Å². The first-order valence-electron chi connectivity index (χ1n) is 4.68. The Bertz CT molecular complexity index is 385. The van der Waals surface area contributed by atoms with E-state index in [1.807, 2.05) is 18.2 Å². The molecule has 84 valence electrons. The number of benzene rings is 1. The minimum atomic E-state index is -0.304. The molecular weight excluding hydrogens is 224 g/mol. The number of allylic oxidation sites excluding steroid dienone is 1. The van der Waals surface area contributed by atoms with Crippen LogP contribution in [-0.2, 0) is 9.53 Å². The summed E-state index contributed by atoms with van der Waals surface area (Å²) in [6.07, 6.45) is 1.45. The van der Waals surface area contributed by atoms with Gasteiger partial charge in [-0.3, -0.25) is 9.59 Å². The number of ether oxygens (including phenoxy) is 1. The minimum Gasteiger partial charge on any atom is -0.468 e. The van der Waals surface area contributed by atoms with Crippen LogP contribution in [0.25, 0.3) is 0 Å². The van der Waals surface area contributed by atoms with Gasteiger partial charge in [-0.2, -0.15) is 0 Å². The van der Waals surface area contributed by atoms with E-state index in [0.29, 0.717) is 5.56 Å². The van der Waals surface area contributed by atoms with Crippen molar-refractivity contribution in [2.24, 2.45) is 0 Å². The van der Waals surface area contributed by atoms with Gasteiger partial charge in [-0.05, 0) is 11.5 Å². The van der Waals surface area contributed by atoms with Gasteiger partial charge in [0.1, 0.15) is 0 Å². The molecule has 0 aliphatic rings. The molecule has 0 aliphatic carbocycles. The van der Waals surface area contributed by atoms with E-state index in [2.05, 4.69) is 4.74 Å². The maximum absolute atomic E-state index is 11.5. The third kappa shape index (κ3) is 4.31. The lowest BCUT2D eigenvalue weighted by Gasteiger charge is -1.95. The predicted molar refractivity (Wildman–Crippen MR) is 64.4 cm³/mol. The summed E-state index contributed by atoms with van der Waals surface area (Å²) >= 11 is 1.23. The smallest absolute Gasteiger partial charge is 0.315 e. The van der Waals surface area contributed by atoms with Crippen molar-refractivity contribution in [3.63, 3.8) is 0 Å². The fraction of sp³-hybridized carbons (Fsp3) is 0.167. The second kappa shape index (κ2) is 6.85. The van der Waals surface area contributed by atoms with E-state index in [0.717, 1.165) is 0 Å². The van der Waals surface area contributed by atoms with Gasteiger partial charge in [-0.15, -0.1) is 11.8 Å². The van der Waals surface area contributed by atoms with Crippen molar-refractivity contribution in [3.05, 3.63) is 47.4 Å². The Balaban J connectivity index is 2.40. The van der Waals surface area contributed by atoms with Crippen LogP contribution in [0.3, 0.4) is 0 Å². The number of hydrogen-bond acceptors (Lipinski definition) is 4. The molecular formula is C12H12O3S. The molecule has 0 bridgehead atoms. The molecule has 16 heavy (non-hydrogen) atoms. The van der Waals surface area contributed by atoms with Gasteiger partial charge >= 0.3 is 5.97 Å². The number of ketones is 1. The molecule has 0 radical (unpaired) electrons. The standard InChI is InChI=1S/C12H12O3S/c1-15-12(14)9-16-8-7-11(13)10-5-3-2-4-6-10/h2-8H,9H2,1H3. The number of carbonyl (C=O) groups excluding carboxylic acids is 2. The summed E-state index contributed by atoms with van der Waals surface area (Å²) < 4.78 is 4.46. The van der Waals surface area contributed by atoms with E-state index < -0.39 is 0 Å². The van der Waals surface area contributed by atoms with Crippen LogP contribution in [0.1, 0.15) is 10.4 Å². The monoisotopic (exact) mass is 236 g/mol. The second-order valence-electron chi connectivity index (χ2n) is 2.92. The highest BCUT2D eigenvalue weighted by atomic mass is 32.2. The van der Waals surface area contributed by atoms with E-state index in [9.17, 15) is 9.59 Å². The lowest BCUT2D eigenvalue weighted by Crippen LogP contribution is -2.02. The van der Waals surface area contributed by atoms with Gasteiger partial charge in [-0.25, -0.2) is 0 Å². The molecule has 0 saturated heterocycles. The maximum Gasteiger partial charge on any atom is 0.315 e. The Morgan fingerprint density at radius 1 is 1.31 bits per heavy atom. The van der Waals surface area contributed by atoms with Crippen molar-refractivity contribution >= 4 is 23.5 Å². The van der Waals surface area contributed by atoms with Gasteiger partial charge in [0, 0.05) is 5.56 Å². The fourth-order valence-electron chi connectivity index (χ4n) is 0.984. The Morgan fingerprint density at radius 2 is 2.00 bits per heavy atom. The summed E-state index contributed by atoms with van der Waals surface area (Å²) in [5, 5.41) is 1.60. The molecule has 4 heteroatoms. The van der Waals surface area contributed by atoms with E-state index in [1.165, 1.54) is 24.9 Å². The average Bonchev–Trinajstić information content (AvgIpc) is 2.35. The molecule has 0 unspecified atom stereocenters. The van der Waals surface area contributed by atoms with Crippen LogP contribution in [-0.4, -0.2) is 24.6 Å². The fourth-order valence-corrected chi connectivity index (χ4v) is 1.55. The Kier molecular flexibility index (Phi) is 5.36. The highest BCUT2D eigenvalue weighted by molar-refractivity contribution is 8.02. The lowest BCUT2D eigenvalue weighted by molar-refractivity contribution is -0.137. The summed E-state index contributed by atoms with van der Waals surface area (Å²) in [5.74, 6) is -0.158. The molecule has 0 spiro atoms. The zero-order valence-corrected chi connectivity index (χ0v) is 9.70. The van der Waals surface area contributed by atoms with Gasteiger partial charge in [0.2, 0.25) is 0 Å². The SMILES string of the molecule is COC(=O)CSC=CC(=O)c1ccccc1. The van der Waals surface area contributed by atoms with Crippen molar-refractivity contribution in [2.45, 2.75) is 0 Å². The van der Waals surface area contributed by atoms with E-state index >= 15 is 0 Å². The first kappa shape index (κ1) is 12.5. The second-order valence-corrected chi connectivity index (χ2v) is 3.81. The third-order valence-corrected chi connectivity index (χ3v) is 2.53. The highest BCUT2D eigenvalue weighted by Gasteiger charge is 2.00. The summed E-state index contributed by atoms with van der Waals surface area (Å²) in [5.41, 5.74) is 0.636. The van der Waals surface area contributed by atoms with Crippen molar-refractivity contribution in [2.75, 3.05) is 12.9 Å². The van der Waals surface area contributed by atoms with Crippen LogP contribution in [0.15, 0.2) is 41.8 Å². The van der Waals surface area contributed by atoms with Gasteiger partial charge in [-0.1, -0.05) is 30.3 Å². The zero-order valence-electron chi connectivity index (χ0n) is 8.88. The Hall–Kier alpha value is -1.55. The number of esters is 1. The van der Waals surface area contributed by atoms with Gasteiger partial charge in [0.15, 0.2) is 5.78 Å². The predicted octanol–water partition coefficient (Wildman–Crippen LogP) is 2.29. The first-order valence-corrected chi connectivity index (χ1v) is 5.73. The Morgan fingerprint density at radius 3 is 2.62 bits per heavy atom. The first-order chi connectivity index (χ1) is 7.74. The number of rotatable bonds is 5. The van der Waals surface area contributed by atoms with Crippen LogP contribution in [0.5, 0.6) is 0 Å². The molecule has 1 rings (SSSR count). The van der Waals surface area contributed by atoms with Gasteiger partial charge < -0.3 is 4.74 Å². The number of hydrogen-bond donors (Lipinski definition) is 0. The lowest BCUT2D eigenvalue weighted by atomic mass is 10.1. The summed E-state index contributed by atoms with van der Waals surface area (Å²) in [4.78, 5) is 22.3. The van der Waals surface area contributed by atoms with Crippen LogP contribution < -0.4 is 0 Å². The normalized spacial score (nSPS) is 10.3. The number of carbonyl (C=O) groups is 2. The zero-order chi connectivity index (χ0) is 11.8. The Labute approximate surface area is 98.5 Å². The topological polar surface area (TPSA) is 43.4 Å². The summed E-state index contributed by atoms with van der Waals surface area (Å²) in [7, 11) is 1.34. The molecule has 3 nitrogen and oxygen atoms in total. The van der Waals surface area contributed by atoms with Crippen LogP contribution in [0.4, 0.5) is 0 Å². The maximum atomic E-state index is 11.5. The average molecular weight is 236 g/mol.